The zero-order valence-corrected chi connectivity index (χ0v) is 14.4. The van der Waals surface area contributed by atoms with Gasteiger partial charge in [-0.25, -0.2) is 0 Å². The normalized spacial score (nSPS) is 9.88. The first-order chi connectivity index (χ1) is 12.7. The molecule has 2 amide bonds. The quantitative estimate of drug-likeness (QED) is 0.719. The Morgan fingerprint density at radius 1 is 0.885 bits per heavy atom. The maximum atomic E-state index is 12.3. The lowest BCUT2D eigenvalue weighted by Gasteiger charge is -2.04. The van der Waals surface area contributed by atoms with E-state index in [9.17, 15) is 9.59 Å². The minimum Gasteiger partial charge on any atom is -0.355 e. The Balaban J connectivity index is 1.68. The molecule has 3 aromatic rings. The summed E-state index contributed by atoms with van der Waals surface area (Å²) in [6.07, 6.45) is 0. The van der Waals surface area contributed by atoms with Gasteiger partial charge in [-0.05, 0) is 35.0 Å². The van der Waals surface area contributed by atoms with Crippen LogP contribution in [-0.2, 0) is 0 Å². The number of nitrogens with one attached hydrogen (secondary N) is 2. The predicted molar refractivity (Wildman–Crippen MR) is 103 cm³/mol. The van der Waals surface area contributed by atoms with E-state index < -0.39 is 0 Å². The van der Waals surface area contributed by atoms with Crippen LogP contribution in [0, 0.1) is 11.8 Å². The molecule has 0 aliphatic carbocycles. The van der Waals surface area contributed by atoms with E-state index in [1.807, 2.05) is 42.5 Å². The van der Waals surface area contributed by atoms with Gasteiger partial charge in [-0.1, -0.05) is 54.3 Å². The molecule has 0 unspecified atom stereocenters. The fourth-order valence-electron chi connectivity index (χ4n) is 2.62. The minimum atomic E-state index is -0.185. The van der Waals surface area contributed by atoms with Gasteiger partial charge in [0.25, 0.3) is 11.8 Å². The second-order valence-corrected chi connectivity index (χ2v) is 5.67. The third-order valence-corrected chi connectivity index (χ3v) is 3.97. The lowest BCUT2D eigenvalue weighted by molar-refractivity contribution is 0.0952. The van der Waals surface area contributed by atoms with Gasteiger partial charge in [-0.3, -0.25) is 9.59 Å². The number of amides is 2. The number of hydrogen-bond donors (Lipinski definition) is 2. The summed E-state index contributed by atoms with van der Waals surface area (Å²) >= 11 is 0. The molecule has 3 rings (SSSR count). The Morgan fingerprint density at radius 3 is 2.42 bits per heavy atom. The average Bonchev–Trinajstić information content (AvgIpc) is 2.70. The number of fused-ring (bicyclic) bond motifs is 1. The van der Waals surface area contributed by atoms with Gasteiger partial charge in [-0.15, -0.1) is 0 Å². The lowest BCUT2D eigenvalue weighted by atomic mass is 10.1. The Kier molecular flexibility index (Phi) is 5.31. The second-order valence-electron chi connectivity index (χ2n) is 5.67. The van der Waals surface area contributed by atoms with Crippen LogP contribution in [0.5, 0.6) is 0 Å². The van der Waals surface area contributed by atoms with Crippen molar-refractivity contribution >= 4 is 22.6 Å². The van der Waals surface area contributed by atoms with Crippen LogP contribution in [0.15, 0.2) is 66.7 Å². The summed E-state index contributed by atoms with van der Waals surface area (Å²) in [7, 11) is 1.58. The van der Waals surface area contributed by atoms with E-state index in [0.29, 0.717) is 16.7 Å². The molecule has 0 spiro atoms. The van der Waals surface area contributed by atoms with Crippen molar-refractivity contribution < 1.29 is 9.59 Å². The summed E-state index contributed by atoms with van der Waals surface area (Å²) in [6.45, 7) is 0.202. The van der Waals surface area contributed by atoms with Crippen molar-refractivity contribution in [1.82, 2.24) is 10.6 Å². The van der Waals surface area contributed by atoms with Gasteiger partial charge in [0.05, 0.1) is 12.1 Å². The van der Waals surface area contributed by atoms with Gasteiger partial charge in [0.2, 0.25) is 0 Å². The predicted octanol–water partition coefficient (Wildman–Crippen LogP) is 2.98. The lowest BCUT2D eigenvalue weighted by Crippen LogP contribution is -2.23. The first-order valence-corrected chi connectivity index (χ1v) is 8.26. The van der Waals surface area contributed by atoms with E-state index in [0.717, 1.165) is 10.8 Å². The van der Waals surface area contributed by atoms with E-state index >= 15 is 0 Å². The Morgan fingerprint density at radius 2 is 1.62 bits per heavy atom. The minimum absolute atomic E-state index is 0.176. The smallest absolute Gasteiger partial charge is 0.252 e. The van der Waals surface area contributed by atoms with Crippen LogP contribution in [0.3, 0.4) is 0 Å². The van der Waals surface area contributed by atoms with Crippen molar-refractivity contribution in [3.8, 4) is 11.8 Å². The summed E-state index contributed by atoms with van der Waals surface area (Å²) in [5.74, 6) is 5.47. The highest BCUT2D eigenvalue weighted by Gasteiger charge is 2.07. The van der Waals surface area contributed by atoms with Gasteiger partial charge in [0, 0.05) is 18.2 Å². The molecule has 0 heterocycles. The number of carbonyl (C=O) groups is 2. The monoisotopic (exact) mass is 342 g/mol. The summed E-state index contributed by atoms with van der Waals surface area (Å²) in [6, 6.07) is 20.6. The van der Waals surface area contributed by atoms with Crippen LogP contribution >= 0.6 is 0 Å². The molecule has 0 atom stereocenters. The largest absolute Gasteiger partial charge is 0.355 e. The molecule has 4 heteroatoms. The molecule has 26 heavy (non-hydrogen) atoms. The number of hydrogen-bond acceptors (Lipinski definition) is 2. The van der Waals surface area contributed by atoms with Crippen LogP contribution in [-0.4, -0.2) is 25.4 Å². The van der Waals surface area contributed by atoms with Gasteiger partial charge < -0.3 is 10.6 Å². The molecular formula is C22H18N2O2. The molecule has 0 aliphatic heterocycles. The molecule has 3 aromatic carbocycles. The molecule has 0 aliphatic rings. The van der Waals surface area contributed by atoms with E-state index in [1.54, 1.807) is 31.3 Å². The molecule has 0 aromatic heterocycles. The van der Waals surface area contributed by atoms with Crippen LogP contribution < -0.4 is 10.6 Å². The highest BCUT2D eigenvalue weighted by atomic mass is 16.2. The fraction of sp³-hybridized carbons (Fsp3) is 0.0909. The SMILES string of the molecule is CNC(=O)c1ccccc1C#CCNC(=O)c1ccc2ccccc2c1. The molecule has 0 fully saturated rings. The van der Waals surface area contributed by atoms with Gasteiger partial charge in [-0.2, -0.15) is 0 Å². The zero-order chi connectivity index (χ0) is 18.4. The molecule has 128 valence electrons. The van der Waals surface area contributed by atoms with Crippen LogP contribution in [0.25, 0.3) is 10.8 Å². The maximum Gasteiger partial charge on any atom is 0.252 e. The third kappa shape index (κ3) is 3.90. The molecule has 0 saturated carbocycles. The molecule has 0 bridgehead atoms. The second kappa shape index (κ2) is 8.00. The summed E-state index contributed by atoms with van der Waals surface area (Å²) in [5, 5.41) is 7.48. The first-order valence-electron chi connectivity index (χ1n) is 8.26. The standard InChI is InChI=1S/C22H18N2O2/c1-23-22(26)20-11-5-4-8-17(20)10-6-14-24-21(25)19-13-12-16-7-2-3-9-18(16)15-19/h2-5,7-9,11-13,15H,14H2,1H3,(H,23,26)(H,24,25). The van der Waals surface area contributed by atoms with Crippen molar-refractivity contribution in [3.63, 3.8) is 0 Å². The van der Waals surface area contributed by atoms with Gasteiger partial charge in [0.1, 0.15) is 0 Å². The molecule has 0 radical (unpaired) electrons. The highest BCUT2D eigenvalue weighted by Crippen LogP contribution is 2.15. The van der Waals surface area contributed by atoms with Gasteiger partial charge in [0.15, 0.2) is 0 Å². The van der Waals surface area contributed by atoms with Crippen molar-refractivity contribution in [2.45, 2.75) is 0 Å². The van der Waals surface area contributed by atoms with E-state index in [-0.39, 0.29) is 18.4 Å². The van der Waals surface area contributed by atoms with E-state index in [2.05, 4.69) is 22.5 Å². The maximum absolute atomic E-state index is 12.3. The third-order valence-electron chi connectivity index (χ3n) is 3.97. The van der Waals surface area contributed by atoms with E-state index in [1.165, 1.54) is 0 Å². The van der Waals surface area contributed by atoms with Crippen LogP contribution in [0.4, 0.5) is 0 Å². The van der Waals surface area contributed by atoms with Crippen LogP contribution in [0.2, 0.25) is 0 Å². The van der Waals surface area contributed by atoms with Crippen molar-refractivity contribution in [2.75, 3.05) is 13.6 Å². The summed E-state index contributed by atoms with van der Waals surface area (Å²) in [4.78, 5) is 24.1. The van der Waals surface area contributed by atoms with Gasteiger partial charge >= 0.3 is 0 Å². The molecule has 2 N–H and O–H groups in total. The molecule has 4 nitrogen and oxygen atoms in total. The van der Waals surface area contributed by atoms with E-state index in [4.69, 9.17) is 0 Å². The zero-order valence-electron chi connectivity index (χ0n) is 14.4. The number of benzene rings is 3. The average molecular weight is 342 g/mol. The Labute approximate surface area is 152 Å². The summed E-state index contributed by atoms with van der Waals surface area (Å²) < 4.78 is 0. The Hall–Kier alpha value is -3.58. The topological polar surface area (TPSA) is 58.2 Å². The fourth-order valence-corrected chi connectivity index (χ4v) is 2.62. The Bertz CT molecular complexity index is 1030. The van der Waals surface area contributed by atoms with Crippen LogP contribution in [0.1, 0.15) is 26.3 Å². The highest BCUT2D eigenvalue weighted by molar-refractivity contribution is 5.99. The number of rotatable bonds is 3. The van der Waals surface area contributed by atoms with Crippen molar-refractivity contribution in [1.29, 1.82) is 0 Å². The number of carbonyl (C=O) groups excluding carboxylic acids is 2. The first kappa shape index (κ1) is 17.2. The van der Waals surface area contributed by atoms with Crippen molar-refractivity contribution in [3.05, 3.63) is 83.4 Å². The summed E-state index contributed by atoms with van der Waals surface area (Å²) in [5.41, 5.74) is 1.74. The molecule has 0 saturated heterocycles. The van der Waals surface area contributed by atoms with Crippen molar-refractivity contribution in [2.24, 2.45) is 0 Å². The molecular weight excluding hydrogens is 324 g/mol.